The van der Waals surface area contributed by atoms with Crippen molar-refractivity contribution in [3.63, 3.8) is 0 Å². The van der Waals surface area contributed by atoms with Crippen LogP contribution in [0.15, 0.2) is 48.8 Å². The number of imidazole rings is 1. The van der Waals surface area contributed by atoms with Gasteiger partial charge in [0.15, 0.2) is 5.82 Å². The topological polar surface area (TPSA) is 79.7 Å². The zero-order chi connectivity index (χ0) is 24.6. The van der Waals surface area contributed by atoms with Crippen molar-refractivity contribution in [1.82, 2.24) is 29.9 Å². The SMILES string of the molecule is Cc1cn(F)c(CN(C)C(=O)c2ccc(-c3nc4ccc5[nH]ncc5c4c4c3C3CCC4C3)cc2)n1. The molecule has 1 fully saturated rings. The zero-order valence-electron chi connectivity index (χ0n) is 20.1. The van der Waals surface area contributed by atoms with Crippen LogP contribution >= 0.6 is 0 Å². The molecule has 36 heavy (non-hydrogen) atoms. The minimum atomic E-state index is -0.180. The Morgan fingerprint density at radius 3 is 2.64 bits per heavy atom. The van der Waals surface area contributed by atoms with Crippen molar-refractivity contribution in [2.24, 2.45) is 0 Å². The van der Waals surface area contributed by atoms with Crippen LogP contribution in [0.25, 0.3) is 33.1 Å². The molecule has 8 heteroatoms. The first-order valence-corrected chi connectivity index (χ1v) is 12.3. The van der Waals surface area contributed by atoms with Gasteiger partial charge >= 0.3 is 0 Å². The van der Waals surface area contributed by atoms with E-state index in [-0.39, 0.29) is 18.3 Å². The van der Waals surface area contributed by atoms with E-state index < -0.39 is 0 Å². The predicted octanol–water partition coefficient (Wildman–Crippen LogP) is 5.65. The number of benzene rings is 2. The average Bonchev–Trinajstić information content (AvgIpc) is 3.68. The fourth-order valence-electron chi connectivity index (χ4n) is 6.29. The van der Waals surface area contributed by atoms with E-state index in [1.165, 1.54) is 46.9 Å². The Hall–Kier alpha value is -4.07. The number of carbonyl (C=O) groups is 1. The molecule has 2 atom stereocenters. The maximum atomic E-state index is 13.9. The number of aromatic amines is 1. The Balaban J connectivity index is 1.26. The smallest absolute Gasteiger partial charge is 0.254 e. The van der Waals surface area contributed by atoms with Gasteiger partial charge in [0, 0.05) is 28.9 Å². The lowest BCUT2D eigenvalue weighted by Crippen LogP contribution is -2.27. The van der Waals surface area contributed by atoms with Crippen molar-refractivity contribution in [3.05, 3.63) is 77.0 Å². The fourth-order valence-corrected chi connectivity index (χ4v) is 6.29. The monoisotopic (exact) mass is 480 g/mol. The molecule has 5 aromatic rings. The minimum Gasteiger partial charge on any atom is -0.334 e. The number of nitrogens with zero attached hydrogens (tertiary/aromatic N) is 5. The molecule has 1 saturated carbocycles. The van der Waals surface area contributed by atoms with Crippen LogP contribution in [0.2, 0.25) is 0 Å². The molecule has 3 aromatic heterocycles. The van der Waals surface area contributed by atoms with Crippen molar-refractivity contribution >= 4 is 27.7 Å². The first-order valence-electron chi connectivity index (χ1n) is 12.3. The van der Waals surface area contributed by atoms with Crippen molar-refractivity contribution in [1.29, 1.82) is 0 Å². The van der Waals surface area contributed by atoms with Gasteiger partial charge in [0.1, 0.15) is 0 Å². The highest BCUT2D eigenvalue weighted by Crippen LogP contribution is 2.57. The predicted molar refractivity (Wildman–Crippen MR) is 135 cm³/mol. The molecule has 2 aromatic carbocycles. The maximum absolute atomic E-state index is 13.9. The molecule has 180 valence electrons. The lowest BCUT2D eigenvalue weighted by Gasteiger charge is -2.21. The summed E-state index contributed by atoms with van der Waals surface area (Å²) in [6.45, 7) is 1.82. The number of halogens is 1. The van der Waals surface area contributed by atoms with Crippen molar-refractivity contribution < 1.29 is 9.28 Å². The molecule has 2 aliphatic rings. The number of aromatic nitrogens is 5. The average molecular weight is 481 g/mol. The minimum absolute atomic E-state index is 0.0935. The largest absolute Gasteiger partial charge is 0.334 e. The van der Waals surface area contributed by atoms with Gasteiger partial charge in [-0.25, -0.2) is 9.97 Å². The van der Waals surface area contributed by atoms with Crippen LogP contribution in [0, 0.1) is 6.92 Å². The summed E-state index contributed by atoms with van der Waals surface area (Å²) in [4.78, 5) is 24.3. The molecule has 1 amide bonds. The lowest BCUT2D eigenvalue weighted by molar-refractivity contribution is 0.0776. The number of fused-ring (bicyclic) bond motifs is 9. The number of carbonyl (C=O) groups excluding carboxylic acids is 1. The normalized spacial score (nSPS) is 18.3. The lowest BCUT2D eigenvalue weighted by atomic mass is 9.85. The van der Waals surface area contributed by atoms with Gasteiger partial charge in [0.25, 0.3) is 5.91 Å². The van der Waals surface area contributed by atoms with E-state index >= 15 is 0 Å². The number of aryl methyl sites for hydroxylation is 1. The number of hydrogen-bond donors (Lipinski definition) is 1. The van der Waals surface area contributed by atoms with E-state index in [9.17, 15) is 9.28 Å². The third-order valence-corrected chi connectivity index (χ3v) is 7.88. The van der Waals surface area contributed by atoms with Gasteiger partial charge in [-0.15, -0.1) is 0 Å². The number of pyridine rings is 1. The summed E-state index contributed by atoms with van der Waals surface area (Å²) in [6, 6.07) is 11.8. The summed E-state index contributed by atoms with van der Waals surface area (Å²) >= 11 is 0. The van der Waals surface area contributed by atoms with Crippen LogP contribution in [0.3, 0.4) is 0 Å². The molecule has 7 rings (SSSR count). The molecule has 2 aliphatic carbocycles. The molecule has 0 spiro atoms. The van der Waals surface area contributed by atoms with Crippen molar-refractivity contribution in [2.75, 3.05) is 7.05 Å². The number of rotatable bonds is 4. The van der Waals surface area contributed by atoms with Crippen LogP contribution < -0.4 is 0 Å². The van der Waals surface area contributed by atoms with Crippen molar-refractivity contribution in [3.8, 4) is 11.3 Å². The van der Waals surface area contributed by atoms with Crippen LogP contribution in [0.4, 0.5) is 4.48 Å². The molecular weight excluding hydrogens is 455 g/mol. The zero-order valence-corrected chi connectivity index (χ0v) is 20.1. The summed E-state index contributed by atoms with van der Waals surface area (Å²) in [7, 11) is 1.66. The van der Waals surface area contributed by atoms with E-state index in [0.717, 1.165) is 27.7 Å². The number of H-pyrrole nitrogens is 1. The van der Waals surface area contributed by atoms with Crippen LogP contribution in [0.1, 0.15) is 64.1 Å². The van der Waals surface area contributed by atoms with E-state index in [1.807, 2.05) is 36.5 Å². The van der Waals surface area contributed by atoms with Gasteiger partial charge in [-0.1, -0.05) is 16.6 Å². The quantitative estimate of drug-likeness (QED) is 0.360. The third-order valence-electron chi connectivity index (χ3n) is 7.88. The highest BCUT2D eigenvalue weighted by atomic mass is 19.2. The standard InChI is InChI=1S/C28H25FN6O/c1-15-13-35(29)23(31-15)14-34(2)28(36)17-5-3-16(4-6-17)27-25-19-8-7-18(11-19)24(25)26-20-12-30-33-21(20)9-10-22(26)32-27/h3-6,9-10,12-13,18-19H,7-8,11,14H2,1-2H3,(H,30,33). The molecule has 3 heterocycles. The maximum Gasteiger partial charge on any atom is 0.254 e. The third kappa shape index (κ3) is 3.10. The molecule has 1 N–H and O–H groups in total. The Labute approximate surface area is 206 Å². The molecular formula is C28H25FN6O. The van der Waals surface area contributed by atoms with Crippen LogP contribution in [-0.2, 0) is 6.54 Å². The van der Waals surface area contributed by atoms with Gasteiger partial charge in [-0.05, 0) is 73.4 Å². The van der Waals surface area contributed by atoms with Crippen molar-refractivity contribution in [2.45, 2.75) is 44.6 Å². The van der Waals surface area contributed by atoms with Crippen LogP contribution in [-0.4, -0.2) is 42.8 Å². The van der Waals surface area contributed by atoms with E-state index in [1.54, 1.807) is 14.0 Å². The molecule has 0 aliphatic heterocycles. The van der Waals surface area contributed by atoms with Gasteiger partial charge in [0.05, 0.1) is 41.4 Å². The van der Waals surface area contributed by atoms with Gasteiger partial charge in [-0.2, -0.15) is 9.89 Å². The number of amides is 1. The van der Waals surface area contributed by atoms with Gasteiger partial charge < -0.3 is 4.90 Å². The van der Waals surface area contributed by atoms with E-state index in [2.05, 4.69) is 21.2 Å². The molecule has 7 nitrogen and oxygen atoms in total. The molecule has 2 bridgehead atoms. The van der Waals surface area contributed by atoms with Gasteiger partial charge in [0.2, 0.25) is 0 Å². The molecule has 2 unspecified atom stereocenters. The van der Waals surface area contributed by atoms with Gasteiger partial charge in [-0.3, -0.25) is 9.89 Å². The first kappa shape index (κ1) is 21.2. The summed E-state index contributed by atoms with van der Waals surface area (Å²) in [5.41, 5.74) is 8.01. The Morgan fingerprint density at radius 2 is 1.89 bits per heavy atom. The van der Waals surface area contributed by atoms with E-state index in [4.69, 9.17) is 4.98 Å². The van der Waals surface area contributed by atoms with E-state index in [0.29, 0.717) is 27.9 Å². The highest BCUT2D eigenvalue weighted by molar-refractivity contribution is 6.08. The highest BCUT2D eigenvalue weighted by Gasteiger charge is 2.41. The fraction of sp³-hybridized carbons (Fsp3) is 0.286. The summed E-state index contributed by atoms with van der Waals surface area (Å²) in [5.74, 6) is 1.12. The molecule has 0 radical (unpaired) electrons. The summed E-state index contributed by atoms with van der Waals surface area (Å²) < 4.78 is 13.9. The Bertz CT molecular complexity index is 1670. The molecule has 0 saturated heterocycles. The number of hydrogen-bond acceptors (Lipinski definition) is 4. The first-order chi connectivity index (χ1) is 17.5. The Kier molecular flexibility index (Phi) is 4.55. The Morgan fingerprint density at radius 1 is 1.11 bits per heavy atom. The second-order valence-electron chi connectivity index (χ2n) is 10.1. The second kappa shape index (κ2) is 7.71. The number of nitrogens with one attached hydrogen (secondary N) is 1. The summed E-state index contributed by atoms with van der Waals surface area (Å²) in [5, 5.41) is 9.76. The summed E-state index contributed by atoms with van der Waals surface area (Å²) in [6.07, 6.45) is 6.83. The van der Waals surface area contributed by atoms with Crippen LogP contribution in [0.5, 0.6) is 0 Å². The second-order valence-corrected chi connectivity index (χ2v) is 10.1.